The Morgan fingerprint density at radius 1 is 0.909 bits per heavy atom. The SMILES string of the molecule is C[C@@H](SCC(=O)Nc1ccccc1)C(=O)Nc1ccccc1. The van der Waals surface area contributed by atoms with Crippen LogP contribution < -0.4 is 10.6 Å². The number of anilines is 2. The summed E-state index contributed by atoms with van der Waals surface area (Å²) in [6.45, 7) is 1.79. The van der Waals surface area contributed by atoms with Crippen molar-refractivity contribution >= 4 is 35.0 Å². The first-order chi connectivity index (χ1) is 10.6. The fourth-order valence-corrected chi connectivity index (χ4v) is 2.44. The van der Waals surface area contributed by atoms with Gasteiger partial charge in [0.2, 0.25) is 11.8 Å². The first-order valence-electron chi connectivity index (χ1n) is 6.97. The highest BCUT2D eigenvalue weighted by Gasteiger charge is 2.15. The van der Waals surface area contributed by atoms with E-state index < -0.39 is 0 Å². The van der Waals surface area contributed by atoms with E-state index in [1.165, 1.54) is 11.8 Å². The third kappa shape index (κ3) is 5.26. The van der Waals surface area contributed by atoms with Crippen LogP contribution in [0.15, 0.2) is 60.7 Å². The molecule has 0 aliphatic rings. The van der Waals surface area contributed by atoms with Gasteiger partial charge < -0.3 is 10.6 Å². The lowest BCUT2D eigenvalue weighted by atomic mass is 10.3. The molecular weight excluding hydrogens is 296 g/mol. The minimum Gasteiger partial charge on any atom is -0.325 e. The molecule has 0 fully saturated rings. The summed E-state index contributed by atoms with van der Waals surface area (Å²) in [6, 6.07) is 18.5. The fourth-order valence-electron chi connectivity index (χ4n) is 1.76. The number of benzene rings is 2. The number of amides is 2. The van der Waals surface area contributed by atoms with E-state index in [0.29, 0.717) is 0 Å². The molecule has 0 saturated carbocycles. The summed E-state index contributed by atoms with van der Waals surface area (Å²) in [4.78, 5) is 23.9. The van der Waals surface area contributed by atoms with Gasteiger partial charge in [0.1, 0.15) is 0 Å². The zero-order valence-electron chi connectivity index (χ0n) is 12.3. The number of hydrogen-bond acceptors (Lipinski definition) is 3. The molecule has 2 N–H and O–H groups in total. The molecule has 1 atom stereocenters. The van der Waals surface area contributed by atoms with Gasteiger partial charge in [0.05, 0.1) is 11.0 Å². The second-order valence-electron chi connectivity index (χ2n) is 4.72. The molecule has 0 unspecified atom stereocenters. The summed E-state index contributed by atoms with van der Waals surface area (Å²) < 4.78 is 0. The summed E-state index contributed by atoms with van der Waals surface area (Å²) in [6.07, 6.45) is 0. The maximum atomic E-state index is 12.0. The zero-order chi connectivity index (χ0) is 15.8. The van der Waals surface area contributed by atoms with Gasteiger partial charge in [0.15, 0.2) is 0 Å². The monoisotopic (exact) mass is 314 g/mol. The molecule has 2 aromatic rings. The Balaban J connectivity index is 1.76. The van der Waals surface area contributed by atoms with Crippen LogP contribution in [0.2, 0.25) is 0 Å². The van der Waals surface area contributed by atoms with Crippen molar-refractivity contribution in [3.63, 3.8) is 0 Å². The first kappa shape index (κ1) is 16.1. The number of rotatable bonds is 6. The van der Waals surface area contributed by atoms with E-state index in [1.54, 1.807) is 6.92 Å². The second kappa shape index (κ2) is 8.24. The average Bonchev–Trinajstić information content (AvgIpc) is 2.54. The largest absolute Gasteiger partial charge is 0.325 e. The van der Waals surface area contributed by atoms with Crippen LogP contribution in [0.5, 0.6) is 0 Å². The van der Waals surface area contributed by atoms with Crippen molar-refractivity contribution in [3.05, 3.63) is 60.7 Å². The van der Waals surface area contributed by atoms with Crippen molar-refractivity contribution in [1.29, 1.82) is 0 Å². The van der Waals surface area contributed by atoms with Gasteiger partial charge in [-0.25, -0.2) is 0 Å². The Kier molecular flexibility index (Phi) is 6.03. The summed E-state index contributed by atoms with van der Waals surface area (Å²) in [5, 5.41) is 5.31. The number of para-hydroxylation sites is 2. The standard InChI is InChI=1S/C17H18N2O2S/c1-13(17(21)19-15-10-6-3-7-11-15)22-12-16(20)18-14-8-4-2-5-9-14/h2-11,13H,12H2,1H3,(H,18,20)(H,19,21)/t13-/m1/s1. The number of carbonyl (C=O) groups excluding carboxylic acids is 2. The fraction of sp³-hybridized carbons (Fsp3) is 0.176. The minimum atomic E-state index is -0.304. The van der Waals surface area contributed by atoms with Crippen molar-refractivity contribution in [2.24, 2.45) is 0 Å². The van der Waals surface area contributed by atoms with Gasteiger partial charge in [0.25, 0.3) is 0 Å². The van der Waals surface area contributed by atoms with E-state index in [2.05, 4.69) is 10.6 Å². The number of hydrogen-bond donors (Lipinski definition) is 2. The van der Waals surface area contributed by atoms with E-state index in [9.17, 15) is 9.59 Å². The maximum absolute atomic E-state index is 12.0. The quantitative estimate of drug-likeness (QED) is 0.859. The zero-order valence-corrected chi connectivity index (χ0v) is 13.1. The molecule has 0 aliphatic carbocycles. The molecular formula is C17H18N2O2S. The highest BCUT2D eigenvalue weighted by atomic mass is 32.2. The summed E-state index contributed by atoms with van der Waals surface area (Å²) >= 11 is 1.31. The third-order valence-corrected chi connectivity index (χ3v) is 4.08. The molecule has 0 radical (unpaired) electrons. The Morgan fingerprint density at radius 3 is 1.95 bits per heavy atom. The Morgan fingerprint density at radius 2 is 1.41 bits per heavy atom. The van der Waals surface area contributed by atoms with E-state index in [4.69, 9.17) is 0 Å². The predicted octanol–water partition coefficient (Wildman–Crippen LogP) is 3.39. The Bertz CT molecular complexity index is 617. The van der Waals surface area contributed by atoms with Crippen LogP contribution in [0, 0.1) is 0 Å². The molecule has 0 aliphatic heterocycles. The van der Waals surface area contributed by atoms with Crippen molar-refractivity contribution in [3.8, 4) is 0 Å². The van der Waals surface area contributed by atoms with Crippen LogP contribution in [-0.4, -0.2) is 22.8 Å². The molecule has 2 amide bonds. The smallest absolute Gasteiger partial charge is 0.237 e. The molecule has 2 aromatic carbocycles. The van der Waals surface area contributed by atoms with Crippen molar-refractivity contribution in [2.45, 2.75) is 12.2 Å². The van der Waals surface area contributed by atoms with Crippen molar-refractivity contribution in [1.82, 2.24) is 0 Å². The van der Waals surface area contributed by atoms with Crippen LogP contribution in [0.1, 0.15) is 6.92 Å². The lowest BCUT2D eigenvalue weighted by Crippen LogP contribution is -2.25. The van der Waals surface area contributed by atoms with Crippen molar-refractivity contribution < 1.29 is 9.59 Å². The maximum Gasteiger partial charge on any atom is 0.237 e. The van der Waals surface area contributed by atoms with Gasteiger partial charge >= 0.3 is 0 Å². The van der Waals surface area contributed by atoms with E-state index >= 15 is 0 Å². The lowest BCUT2D eigenvalue weighted by molar-refractivity contribution is -0.115. The molecule has 0 saturated heterocycles. The van der Waals surface area contributed by atoms with Crippen LogP contribution in [0.25, 0.3) is 0 Å². The van der Waals surface area contributed by atoms with E-state index in [-0.39, 0.29) is 22.8 Å². The van der Waals surface area contributed by atoms with E-state index in [0.717, 1.165) is 11.4 Å². The summed E-state index contributed by atoms with van der Waals surface area (Å²) in [5.74, 6) is 0.0115. The molecule has 2 rings (SSSR count). The molecule has 22 heavy (non-hydrogen) atoms. The summed E-state index contributed by atoms with van der Waals surface area (Å²) in [5.41, 5.74) is 1.52. The van der Waals surface area contributed by atoms with E-state index in [1.807, 2.05) is 60.7 Å². The lowest BCUT2D eigenvalue weighted by Gasteiger charge is -2.12. The third-order valence-electron chi connectivity index (χ3n) is 2.93. The van der Waals surface area contributed by atoms with Crippen LogP contribution in [-0.2, 0) is 9.59 Å². The second-order valence-corrected chi connectivity index (χ2v) is 6.05. The molecule has 114 valence electrons. The Hall–Kier alpha value is -2.27. The summed E-state index contributed by atoms with van der Waals surface area (Å²) in [7, 11) is 0. The number of nitrogens with one attached hydrogen (secondary N) is 2. The van der Waals surface area contributed by atoms with Gasteiger partial charge in [-0.05, 0) is 31.2 Å². The molecule has 5 heteroatoms. The number of thioether (sulfide) groups is 1. The van der Waals surface area contributed by atoms with Gasteiger partial charge in [-0.15, -0.1) is 11.8 Å². The van der Waals surface area contributed by atoms with Crippen LogP contribution >= 0.6 is 11.8 Å². The highest BCUT2D eigenvalue weighted by molar-refractivity contribution is 8.01. The molecule has 0 bridgehead atoms. The van der Waals surface area contributed by atoms with Crippen LogP contribution in [0.4, 0.5) is 11.4 Å². The average molecular weight is 314 g/mol. The molecule has 4 nitrogen and oxygen atoms in total. The highest BCUT2D eigenvalue weighted by Crippen LogP contribution is 2.15. The number of carbonyl (C=O) groups is 2. The van der Waals surface area contributed by atoms with Crippen LogP contribution in [0.3, 0.4) is 0 Å². The van der Waals surface area contributed by atoms with Crippen molar-refractivity contribution in [2.75, 3.05) is 16.4 Å². The molecule has 0 spiro atoms. The van der Waals surface area contributed by atoms with Gasteiger partial charge in [0, 0.05) is 11.4 Å². The Labute approximate surface area is 134 Å². The first-order valence-corrected chi connectivity index (χ1v) is 8.02. The normalized spacial score (nSPS) is 11.5. The molecule has 0 heterocycles. The van der Waals surface area contributed by atoms with Gasteiger partial charge in [-0.2, -0.15) is 0 Å². The van der Waals surface area contributed by atoms with Gasteiger partial charge in [-0.3, -0.25) is 9.59 Å². The topological polar surface area (TPSA) is 58.2 Å². The minimum absolute atomic E-state index is 0.108. The van der Waals surface area contributed by atoms with Gasteiger partial charge in [-0.1, -0.05) is 36.4 Å². The predicted molar refractivity (Wildman–Crippen MR) is 92.1 cm³/mol. The molecule has 0 aromatic heterocycles.